The molecule has 136 valence electrons. The SMILES string of the molecule is COc1ccc2cc(C(O)(c3ccccc3C)c3ccccc3C)oc2c1. The maximum Gasteiger partial charge on any atom is 0.173 e. The Hall–Kier alpha value is -3.04. The Labute approximate surface area is 158 Å². The summed E-state index contributed by atoms with van der Waals surface area (Å²) in [5.41, 5.74) is 2.92. The van der Waals surface area contributed by atoms with Gasteiger partial charge in [0.25, 0.3) is 0 Å². The molecule has 0 saturated carbocycles. The zero-order valence-electron chi connectivity index (χ0n) is 15.7. The lowest BCUT2D eigenvalue weighted by Crippen LogP contribution is -2.30. The molecule has 4 aromatic rings. The van der Waals surface area contributed by atoms with E-state index >= 15 is 0 Å². The van der Waals surface area contributed by atoms with Gasteiger partial charge in [-0.15, -0.1) is 0 Å². The van der Waals surface area contributed by atoms with Crippen LogP contribution in [0, 0.1) is 13.8 Å². The molecule has 0 aliphatic carbocycles. The predicted octanol–water partition coefficient (Wildman–Crippen LogP) is 5.34. The van der Waals surface area contributed by atoms with Crippen LogP contribution in [-0.2, 0) is 5.60 Å². The van der Waals surface area contributed by atoms with Crippen molar-refractivity contribution in [1.82, 2.24) is 0 Å². The second-order valence-corrected chi connectivity index (χ2v) is 6.85. The van der Waals surface area contributed by atoms with E-state index in [2.05, 4.69) is 0 Å². The van der Waals surface area contributed by atoms with Crippen molar-refractivity contribution in [2.75, 3.05) is 7.11 Å². The van der Waals surface area contributed by atoms with Crippen molar-refractivity contribution in [2.24, 2.45) is 0 Å². The summed E-state index contributed by atoms with van der Waals surface area (Å²) in [7, 11) is 1.63. The van der Waals surface area contributed by atoms with Gasteiger partial charge in [-0.05, 0) is 54.3 Å². The number of fused-ring (bicyclic) bond motifs is 1. The second kappa shape index (κ2) is 6.60. The lowest BCUT2D eigenvalue weighted by atomic mass is 9.80. The summed E-state index contributed by atoms with van der Waals surface area (Å²) < 4.78 is 11.5. The van der Waals surface area contributed by atoms with Crippen molar-refractivity contribution in [3.63, 3.8) is 0 Å². The van der Waals surface area contributed by atoms with Crippen LogP contribution >= 0.6 is 0 Å². The molecule has 1 heterocycles. The highest BCUT2D eigenvalue weighted by atomic mass is 16.5. The zero-order chi connectivity index (χ0) is 19.0. The van der Waals surface area contributed by atoms with Gasteiger partial charge in [-0.3, -0.25) is 0 Å². The van der Waals surface area contributed by atoms with Crippen LogP contribution in [0.5, 0.6) is 5.75 Å². The van der Waals surface area contributed by atoms with Crippen LogP contribution in [0.1, 0.15) is 28.0 Å². The minimum atomic E-state index is -1.39. The predicted molar refractivity (Wildman–Crippen MR) is 107 cm³/mol. The minimum Gasteiger partial charge on any atom is -0.497 e. The number of hydrogen-bond acceptors (Lipinski definition) is 3. The Bertz CT molecular complexity index is 1060. The van der Waals surface area contributed by atoms with Crippen molar-refractivity contribution < 1.29 is 14.3 Å². The fourth-order valence-corrected chi connectivity index (χ4v) is 3.68. The summed E-state index contributed by atoms with van der Waals surface area (Å²) >= 11 is 0. The smallest absolute Gasteiger partial charge is 0.173 e. The van der Waals surface area contributed by atoms with Crippen LogP contribution in [-0.4, -0.2) is 12.2 Å². The molecule has 0 fully saturated rings. The average Bonchev–Trinajstić information content (AvgIpc) is 3.12. The van der Waals surface area contributed by atoms with Crippen molar-refractivity contribution in [2.45, 2.75) is 19.4 Å². The standard InChI is InChI=1S/C24H22O3/c1-16-8-4-6-10-20(16)24(25,21-11-7-5-9-17(21)2)23-14-18-12-13-19(26-3)15-22(18)27-23/h4-15,25H,1-3H3. The lowest BCUT2D eigenvalue weighted by Gasteiger charge is -2.30. The molecule has 0 aliphatic rings. The molecule has 1 aromatic heterocycles. The molecule has 0 amide bonds. The molecule has 27 heavy (non-hydrogen) atoms. The molecule has 3 heteroatoms. The highest BCUT2D eigenvalue weighted by molar-refractivity contribution is 5.80. The number of aryl methyl sites for hydroxylation is 2. The maximum absolute atomic E-state index is 12.1. The van der Waals surface area contributed by atoms with Gasteiger partial charge in [0.15, 0.2) is 5.60 Å². The first-order chi connectivity index (χ1) is 13.0. The van der Waals surface area contributed by atoms with E-state index in [4.69, 9.17) is 9.15 Å². The van der Waals surface area contributed by atoms with E-state index in [-0.39, 0.29) is 0 Å². The van der Waals surface area contributed by atoms with E-state index in [9.17, 15) is 5.11 Å². The van der Waals surface area contributed by atoms with Gasteiger partial charge in [-0.25, -0.2) is 0 Å². The highest BCUT2D eigenvalue weighted by Gasteiger charge is 2.39. The van der Waals surface area contributed by atoms with Gasteiger partial charge in [-0.2, -0.15) is 0 Å². The number of benzene rings is 3. The first-order valence-electron chi connectivity index (χ1n) is 8.96. The van der Waals surface area contributed by atoms with E-state index in [1.54, 1.807) is 7.11 Å². The molecule has 0 aliphatic heterocycles. The van der Waals surface area contributed by atoms with Crippen LogP contribution < -0.4 is 4.74 Å². The van der Waals surface area contributed by atoms with Crippen LogP contribution in [0.2, 0.25) is 0 Å². The quantitative estimate of drug-likeness (QED) is 0.535. The molecule has 0 bridgehead atoms. The van der Waals surface area contributed by atoms with Crippen LogP contribution in [0.4, 0.5) is 0 Å². The summed E-state index contributed by atoms with van der Waals surface area (Å²) in [5, 5.41) is 13.0. The van der Waals surface area contributed by atoms with Crippen molar-refractivity contribution in [3.05, 3.63) is 101 Å². The fourth-order valence-electron chi connectivity index (χ4n) is 3.68. The van der Waals surface area contributed by atoms with Gasteiger partial charge < -0.3 is 14.3 Å². The number of ether oxygens (including phenoxy) is 1. The Morgan fingerprint density at radius 1 is 0.815 bits per heavy atom. The lowest BCUT2D eigenvalue weighted by molar-refractivity contribution is 0.0997. The Morgan fingerprint density at radius 3 is 1.96 bits per heavy atom. The molecule has 0 radical (unpaired) electrons. The van der Waals surface area contributed by atoms with Gasteiger partial charge in [0, 0.05) is 11.5 Å². The molecule has 0 spiro atoms. The largest absolute Gasteiger partial charge is 0.497 e. The maximum atomic E-state index is 12.1. The Balaban J connectivity index is 2.02. The third-order valence-corrected chi connectivity index (χ3v) is 5.15. The second-order valence-electron chi connectivity index (χ2n) is 6.85. The number of aliphatic hydroxyl groups is 1. The van der Waals surface area contributed by atoms with Crippen LogP contribution in [0.15, 0.2) is 77.2 Å². The number of furan rings is 1. The van der Waals surface area contributed by atoms with E-state index in [1.165, 1.54) is 0 Å². The van der Waals surface area contributed by atoms with Crippen molar-refractivity contribution in [3.8, 4) is 5.75 Å². The third kappa shape index (κ3) is 2.81. The average molecular weight is 358 g/mol. The van der Waals surface area contributed by atoms with Crippen LogP contribution in [0.25, 0.3) is 11.0 Å². The highest BCUT2D eigenvalue weighted by Crippen LogP contribution is 2.42. The molecule has 4 rings (SSSR count). The third-order valence-electron chi connectivity index (χ3n) is 5.15. The van der Waals surface area contributed by atoms with E-state index < -0.39 is 5.60 Å². The van der Waals surface area contributed by atoms with Gasteiger partial charge in [0.05, 0.1) is 7.11 Å². The van der Waals surface area contributed by atoms with E-state index in [0.717, 1.165) is 33.4 Å². The monoisotopic (exact) mass is 358 g/mol. The number of rotatable bonds is 4. The fraction of sp³-hybridized carbons (Fsp3) is 0.167. The first kappa shape index (κ1) is 17.4. The van der Waals surface area contributed by atoms with Gasteiger partial charge in [-0.1, -0.05) is 48.5 Å². The van der Waals surface area contributed by atoms with E-state index in [1.807, 2.05) is 86.6 Å². The Morgan fingerprint density at radius 2 is 1.41 bits per heavy atom. The topological polar surface area (TPSA) is 42.6 Å². The summed E-state index contributed by atoms with van der Waals surface area (Å²) in [6.07, 6.45) is 0. The summed E-state index contributed by atoms with van der Waals surface area (Å²) in [6.45, 7) is 4.01. The van der Waals surface area contributed by atoms with Crippen LogP contribution in [0.3, 0.4) is 0 Å². The van der Waals surface area contributed by atoms with Gasteiger partial charge in [0.1, 0.15) is 17.1 Å². The molecule has 0 saturated heterocycles. The molecule has 1 N–H and O–H groups in total. The van der Waals surface area contributed by atoms with Crippen molar-refractivity contribution >= 4 is 11.0 Å². The van der Waals surface area contributed by atoms with E-state index in [0.29, 0.717) is 11.3 Å². The molecule has 3 aromatic carbocycles. The molecule has 0 atom stereocenters. The first-order valence-corrected chi connectivity index (χ1v) is 8.96. The van der Waals surface area contributed by atoms with Gasteiger partial charge in [0.2, 0.25) is 0 Å². The molecular weight excluding hydrogens is 336 g/mol. The van der Waals surface area contributed by atoms with Gasteiger partial charge >= 0.3 is 0 Å². The normalized spacial score (nSPS) is 11.7. The summed E-state index contributed by atoms with van der Waals surface area (Å²) in [4.78, 5) is 0. The molecule has 0 unspecified atom stereocenters. The van der Waals surface area contributed by atoms with Crippen molar-refractivity contribution in [1.29, 1.82) is 0 Å². The minimum absolute atomic E-state index is 0.495. The summed E-state index contributed by atoms with van der Waals surface area (Å²) in [6, 6.07) is 23.3. The molecular formula is C24H22O3. The summed E-state index contributed by atoms with van der Waals surface area (Å²) in [5.74, 6) is 1.22. The number of methoxy groups -OCH3 is 1. The zero-order valence-corrected chi connectivity index (χ0v) is 15.7. The molecule has 3 nitrogen and oxygen atoms in total. The Kier molecular flexibility index (Phi) is 4.25. The number of hydrogen-bond donors (Lipinski definition) is 1.